The summed E-state index contributed by atoms with van der Waals surface area (Å²) in [6.07, 6.45) is 10.6. The number of aryl methyl sites for hydroxylation is 1. The summed E-state index contributed by atoms with van der Waals surface area (Å²) >= 11 is 0. The molecule has 10 heteroatoms. The van der Waals surface area contributed by atoms with Crippen molar-refractivity contribution in [1.82, 2.24) is 29.5 Å². The highest BCUT2D eigenvalue weighted by atomic mass is 19.1. The lowest BCUT2D eigenvalue weighted by Gasteiger charge is -2.29. The fraction of sp³-hybridized carbons (Fsp3) is 0.440. The molecular weight excluding hydrogens is 447 g/mol. The number of hydrogen-bond acceptors (Lipinski definition) is 7. The molecule has 1 fully saturated rings. The van der Waals surface area contributed by atoms with Crippen LogP contribution in [0.5, 0.6) is 5.88 Å². The second kappa shape index (κ2) is 9.52. The van der Waals surface area contributed by atoms with E-state index in [0.29, 0.717) is 5.69 Å². The molecule has 0 aromatic carbocycles. The number of ether oxygens (including phenoxy) is 1. The van der Waals surface area contributed by atoms with Crippen molar-refractivity contribution in [2.45, 2.75) is 44.8 Å². The Morgan fingerprint density at radius 3 is 2.66 bits per heavy atom. The maximum absolute atomic E-state index is 14.8. The number of nitrogens with zero attached hydrogens (tertiary/aromatic N) is 7. The van der Waals surface area contributed by atoms with Crippen LogP contribution in [0.3, 0.4) is 0 Å². The molecule has 1 N–H and O–H groups in total. The van der Waals surface area contributed by atoms with Crippen molar-refractivity contribution >= 4 is 22.4 Å². The Morgan fingerprint density at radius 1 is 1.17 bits per heavy atom. The molecule has 0 radical (unpaired) electrons. The van der Waals surface area contributed by atoms with Crippen LogP contribution in [-0.2, 0) is 7.05 Å². The number of aromatic nitrogens is 6. The Hall–Kier alpha value is -3.69. The maximum atomic E-state index is 14.8. The maximum Gasteiger partial charge on any atom is 0.252 e. The quantitative estimate of drug-likeness (QED) is 0.421. The monoisotopic (exact) mass is 478 g/mol. The molecule has 5 rings (SSSR count). The number of fused-ring (bicyclic) bond motifs is 1. The summed E-state index contributed by atoms with van der Waals surface area (Å²) in [4.78, 5) is 10.4. The van der Waals surface area contributed by atoms with Gasteiger partial charge in [0.15, 0.2) is 0 Å². The molecule has 1 saturated carbocycles. The minimum atomic E-state index is -0.415. The zero-order valence-electron chi connectivity index (χ0n) is 20.6. The van der Waals surface area contributed by atoms with E-state index in [2.05, 4.69) is 38.1 Å². The summed E-state index contributed by atoms with van der Waals surface area (Å²) in [5.74, 6) is 0.491. The molecule has 184 valence electrons. The van der Waals surface area contributed by atoms with Crippen LogP contribution in [0.4, 0.5) is 15.9 Å². The van der Waals surface area contributed by atoms with Crippen LogP contribution < -0.4 is 15.0 Å². The number of pyridine rings is 2. The standard InChI is InChI=1S/C25H31FN8O/c1-5-27-22-12-21-19(14-29-22)24(16-13-30-33(4)15-16)31-34(21)17-6-8-18(9-7-17)35-25-23(26)20(32(2)3)10-11-28-25/h10-15,17-18H,5-9H2,1-4H3,(H,27,29). The molecule has 1 aliphatic carbocycles. The highest BCUT2D eigenvalue weighted by Crippen LogP contribution is 2.37. The predicted molar refractivity (Wildman–Crippen MR) is 134 cm³/mol. The smallest absolute Gasteiger partial charge is 0.252 e. The summed E-state index contributed by atoms with van der Waals surface area (Å²) in [7, 11) is 5.51. The Labute approximate surface area is 203 Å². The van der Waals surface area contributed by atoms with Crippen LogP contribution in [0.15, 0.2) is 36.9 Å². The van der Waals surface area contributed by atoms with E-state index in [0.717, 1.165) is 60.2 Å². The summed E-state index contributed by atoms with van der Waals surface area (Å²) in [6, 6.07) is 3.93. The molecule has 1 aliphatic rings. The van der Waals surface area contributed by atoms with Crippen LogP contribution in [0, 0.1) is 5.82 Å². The van der Waals surface area contributed by atoms with Crippen molar-refractivity contribution in [3.8, 4) is 17.1 Å². The second-order valence-electron chi connectivity index (χ2n) is 9.20. The average molecular weight is 479 g/mol. The summed E-state index contributed by atoms with van der Waals surface area (Å²) in [5, 5.41) is 13.7. The molecule has 0 saturated heterocycles. The van der Waals surface area contributed by atoms with Crippen molar-refractivity contribution in [3.63, 3.8) is 0 Å². The van der Waals surface area contributed by atoms with Crippen LogP contribution >= 0.6 is 0 Å². The number of rotatable bonds is 7. The molecule has 0 aliphatic heterocycles. The largest absolute Gasteiger partial charge is 0.472 e. The van der Waals surface area contributed by atoms with E-state index in [1.54, 1.807) is 35.9 Å². The van der Waals surface area contributed by atoms with Gasteiger partial charge in [0.25, 0.3) is 5.88 Å². The lowest BCUT2D eigenvalue weighted by Crippen LogP contribution is -2.27. The highest BCUT2D eigenvalue weighted by molar-refractivity contribution is 5.93. The van der Waals surface area contributed by atoms with Gasteiger partial charge in [-0.3, -0.25) is 9.36 Å². The molecule has 0 unspecified atom stereocenters. The first-order valence-corrected chi connectivity index (χ1v) is 12.0. The first kappa shape index (κ1) is 23.1. The van der Waals surface area contributed by atoms with E-state index in [-0.39, 0.29) is 18.0 Å². The van der Waals surface area contributed by atoms with Gasteiger partial charge in [-0.15, -0.1) is 0 Å². The number of halogens is 1. The molecular formula is C25H31FN8O. The third-order valence-electron chi connectivity index (χ3n) is 6.51. The van der Waals surface area contributed by atoms with E-state index in [1.165, 1.54) is 0 Å². The lowest BCUT2D eigenvalue weighted by atomic mass is 9.93. The van der Waals surface area contributed by atoms with Gasteiger partial charge in [0.05, 0.1) is 23.4 Å². The Kier molecular flexibility index (Phi) is 6.27. The van der Waals surface area contributed by atoms with Gasteiger partial charge >= 0.3 is 0 Å². The van der Waals surface area contributed by atoms with Gasteiger partial charge in [-0.2, -0.15) is 14.6 Å². The summed E-state index contributed by atoms with van der Waals surface area (Å²) in [6.45, 7) is 2.85. The zero-order chi connectivity index (χ0) is 24.5. The fourth-order valence-electron chi connectivity index (χ4n) is 4.75. The fourth-order valence-corrected chi connectivity index (χ4v) is 4.75. The van der Waals surface area contributed by atoms with Gasteiger partial charge in [0, 0.05) is 63.3 Å². The number of anilines is 2. The number of hydrogen-bond donors (Lipinski definition) is 1. The summed E-state index contributed by atoms with van der Waals surface area (Å²) < 4.78 is 24.7. The first-order chi connectivity index (χ1) is 16.9. The van der Waals surface area contributed by atoms with Crippen LogP contribution in [-0.4, -0.2) is 56.3 Å². The van der Waals surface area contributed by atoms with Crippen molar-refractivity contribution in [2.24, 2.45) is 7.05 Å². The molecule has 4 aromatic heterocycles. The molecule has 0 atom stereocenters. The predicted octanol–water partition coefficient (Wildman–Crippen LogP) is 4.43. The van der Waals surface area contributed by atoms with Crippen molar-refractivity contribution in [1.29, 1.82) is 0 Å². The SMILES string of the molecule is CCNc1cc2c(cn1)c(-c1cnn(C)c1)nn2C1CCC(Oc2nccc(N(C)C)c2F)CC1. The Bertz CT molecular complexity index is 1320. The van der Waals surface area contributed by atoms with Crippen LogP contribution in [0.25, 0.3) is 22.2 Å². The zero-order valence-corrected chi connectivity index (χ0v) is 20.6. The van der Waals surface area contributed by atoms with E-state index >= 15 is 0 Å². The minimum absolute atomic E-state index is 0.0735. The molecule has 4 heterocycles. The first-order valence-electron chi connectivity index (χ1n) is 12.0. The van der Waals surface area contributed by atoms with Crippen molar-refractivity contribution < 1.29 is 9.13 Å². The molecule has 35 heavy (non-hydrogen) atoms. The average Bonchev–Trinajstić information content (AvgIpc) is 3.44. The van der Waals surface area contributed by atoms with Gasteiger partial charge in [-0.25, -0.2) is 9.97 Å². The molecule has 9 nitrogen and oxygen atoms in total. The van der Waals surface area contributed by atoms with Crippen LogP contribution in [0.2, 0.25) is 0 Å². The van der Waals surface area contributed by atoms with Crippen molar-refractivity contribution in [2.75, 3.05) is 30.9 Å². The summed E-state index contributed by atoms with van der Waals surface area (Å²) in [5.41, 5.74) is 3.37. The van der Waals surface area contributed by atoms with Gasteiger partial charge in [-0.1, -0.05) is 0 Å². The van der Waals surface area contributed by atoms with E-state index < -0.39 is 5.82 Å². The van der Waals surface area contributed by atoms with Gasteiger partial charge in [-0.05, 0) is 38.7 Å². The van der Waals surface area contributed by atoms with Crippen molar-refractivity contribution in [3.05, 3.63) is 42.7 Å². The molecule has 4 aromatic rings. The Balaban J connectivity index is 1.39. The number of nitrogens with one attached hydrogen (secondary N) is 1. The Morgan fingerprint density at radius 2 is 1.97 bits per heavy atom. The van der Waals surface area contributed by atoms with E-state index in [9.17, 15) is 4.39 Å². The minimum Gasteiger partial charge on any atom is -0.472 e. The topological polar surface area (TPSA) is 85.9 Å². The molecule has 0 amide bonds. The van der Waals surface area contributed by atoms with E-state index in [1.807, 2.05) is 25.6 Å². The third-order valence-corrected chi connectivity index (χ3v) is 6.51. The third kappa shape index (κ3) is 4.52. The van der Waals surface area contributed by atoms with Gasteiger partial charge in [0.1, 0.15) is 17.6 Å². The highest BCUT2D eigenvalue weighted by Gasteiger charge is 2.28. The second-order valence-corrected chi connectivity index (χ2v) is 9.20. The molecule has 0 spiro atoms. The van der Waals surface area contributed by atoms with Gasteiger partial charge < -0.3 is 15.0 Å². The lowest BCUT2D eigenvalue weighted by molar-refractivity contribution is 0.120. The normalized spacial score (nSPS) is 18.1. The molecule has 0 bridgehead atoms. The van der Waals surface area contributed by atoms with E-state index in [4.69, 9.17) is 9.84 Å². The van der Waals surface area contributed by atoms with Gasteiger partial charge in [0.2, 0.25) is 5.82 Å². The van der Waals surface area contributed by atoms with Crippen LogP contribution in [0.1, 0.15) is 38.6 Å².